The molecule has 2 fully saturated rings. The smallest absolute Gasteiger partial charge is 0.0346 e. The summed E-state index contributed by atoms with van der Waals surface area (Å²) in [6.45, 7) is 8.46. The van der Waals surface area contributed by atoms with Gasteiger partial charge >= 0.3 is 0 Å². The zero-order valence-corrected chi connectivity index (χ0v) is 10.9. The highest BCUT2D eigenvalue weighted by Gasteiger charge is 2.27. The first-order chi connectivity index (χ1) is 8.92. The van der Waals surface area contributed by atoms with Crippen molar-refractivity contribution in [3.8, 4) is 0 Å². The molecule has 0 spiro atoms. The maximum atomic E-state index is 4.17. The van der Waals surface area contributed by atoms with Crippen molar-refractivity contribution in [3.05, 3.63) is 30.1 Å². The lowest BCUT2D eigenvalue weighted by atomic mass is 10.1. The number of piperazine rings is 1. The lowest BCUT2D eigenvalue weighted by Gasteiger charge is -2.43. The molecule has 3 rings (SSSR count). The highest BCUT2D eigenvalue weighted by molar-refractivity contribution is 5.08. The van der Waals surface area contributed by atoms with E-state index in [0.717, 1.165) is 12.5 Å². The van der Waals surface area contributed by atoms with Crippen LogP contribution in [0.5, 0.6) is 0 Å². The van der Waals surface area contributed by atoms with Gasteiger partial charge in [0.1, 0.15) is 0 Å². The Balaban J connectivity index is 1.40. The molecule has 2 aliphatic heterocycles. The number of nitrogens with one attached hydrogen (secondary N) is 1. The average Bonchev–Trinajstić information content (AvgIpc) is 2.37. The Bertz CT molecular complexity index is 355. The number of nitrogens with zero attached hydrogens (tertiary/aromatic N) is 3. The zero-order chi connectivity index (χ0) is 12.2. The molecule has 0 radical (unpaired) electrons. The van der Waals surface area contributed by atoms with Gasteiger partial charge in [-0.2, -0.15) is 0 Å². The maximum Gasteiger partial charge on any atom is 0.0346 e. The van der Waals surface area contributed by atoms with E-state index in [1.54, 1.807) is 0 Å². The van der Waals surface area contributed by atoms with Crippen molar-refractivity contribution in [2.75, 3.05) is 45.8 Å². The minimum absolute atomic E-state index is 0.811. The lowest BCUT2D eigenvalue weighted by Crippen LogP contribution is -2.61. The van der Waals surface area contributed by atoms with Crippen LogP contribution in [0.3, 0.4) is 0 Å². The van der Waals surface area contributed by atoms with Gasteiger partial charge in [0.2, 0.25) is 0 Å². The molecular weight excluding hydrogens is 224 g/mol. The van der Waals surface area contributed by atoms with E-state index < -0.39 is 0 Å². The summed E-state index contributed by atoms with van der Waals surface area (Å²) in [4.78, 5) is 9.38. The lowest BCUT2D eigenvalue weighted by molar-refractivity contribution is 0.0734. The molecule has 1 aromatic rings. The topological polar surface area (TPSA) is 31.4 Å². The van der Waals surface area contributed by atoms with Gasteiger partial charge in [0.25, 0.3) is 0 Å². The maximum absolute atomic E-state index is 4.17. The molecule has 0 saturated carbocycles. The largest absolute Gasteiger partial charge is 0.314 e. The van der Waals surface area contributed by atoms with Crippen LogP contribution in [0.1, 0.15) is 5.56 Å². The van der Waals surface area contributed by atoms with Crippen molar-refractivity contribution in [2.45, 2.75) is 12.5 Å². The third-order valence-corrected chi connectivity index (χ3v) is 4.12. The number of hydrogen-bond acceptors (Lipinski definition) is 4. The third kappa shape index (κ3) is 2.88. The Kier molecular flexibility index (Phi) is 3.88. The second kappa shape index (κ2) is 5.78. The molecule has 1 aromatic heterocycles. The van der Waals surface area contributed by atoms with Crippen molar-refractivity contribution < 1.29 is 0 Å². The van der Waals surface area contributed by atoms with Gasteiger partial charge in [-0.15, -0.1) is 0 Å². The van der Waals surface area contributed by atoms with Gasteiger partial charge < -0.3 is 10.2 Å². The van der Waals surface area contributed by atoms with Crippen molar-refractivity contribution in [2.24, 2.45) is 0 Å². The predicted octanol–water partition coefficient (Wildman–Crippen LogP) is 0.214. The summed E-state index contributed by atoms with van der Waals surface area (Å²) in [6, 6.07) is 5.01. The van der Waals surface area contributed by atoms with Crippen molar-refractivity contribution in [3.63, 3.8) is 0 Å². The number of pyridine rings is 1. The van der Waals surface area contributed by atoms with Gasteiger partial charge in [-0.3, -0.25) is 9.88 Å². The molecule has 98 valence electrons. The Morgan fingerprint density at radius 2 is 2.06 bits per heavy atom. The summed E-state index contributed by atoms with van der Waals surface area (Å²) in [5.41, 5.74) is 1.35. The minimum atomic E-state index is 0.811. The van der Waals surface area contributed by atoms with Crippen LogP contribution in [-0.2, 0) is 6.42 Å². The molecule has 0 unspecified atom stereocenters. The first kappa shape index (κ1) is 12.1. The molecular formula is C14H22N4. The highest BCUT2D eigenvalue weighted by Crippen LogP contribution is 2.10. The highest BCUT2D eigenvalue weighted by atomic mass is 15.3. The van der Waals surface area contributed by atoms with Crippen LogP contribution in [0.15, 0.2) is 24.5 Å². The van der Waals surface area contributed by atoms with Crippen LogP contribution in [0.25, 0.3) is 0 Å². The van der Waals surface area contributed by atoms with Crippen LogP contribution in [0.2, 0.25) is 0 Å². The van der Waals surface area contributed by atoms with Crippen molar-refractivity contribution in [1.29, 1.82) is 0 Å². The van der Waals surface area contributed by atoms with Crippen LogP contribution < -0.4 is 5.32 Å². The molecule has 2 saturated heterocycles. The van der Waals surface area contributed by atoms with E-state index in [1.807, 2.05) is 18.5 Å². The molecule has 2 aliphatic rings. The summed E-state index contributed by atoms with van der Waals surface area (Å²) in [7, 11) is 0. The Morgan fingerprint density at radius 1 is 1.22 bits per heavy atom. The van der Waals surface area contributed by atoms with Gasteiger partial charge in [0, 0.05) is 64.2 Å². The SMILES string of the molecule is c1cncc(CCN2CCN(C3CNC3)CC2)c1. The van der Waals surface area contributed by atoms with Crippen molar-refractivity contribution in [1.82, 2.24) is 20.1 Å². The molecule has 4 heteroatoms. The fourth-order valence-corrected chi connectivity index (χ4v) is 2.72. The van der Waals surface area contributed by atoms with E-state index >= 15 is 0 Å². The molecule has 1 N–H and O–H groups in total. The monoisotopic (exact) mass is 246 g/mol. The number of rotatable bonds is 4. The summed E-state index contributed by atoms with van der Waals surface area (Å²) in [5.74, 6) is 0. The van der Waals surface area contributed by atoms with Gasteiger partial charge in [0.05, 0.1) is 0 Å². The number of hydrogen-bond donors (Lipinski definition) is 1. The van der Waals surface area contributed by atoms with E-state index in [2.05, 4.69) is 26.2 Å². The Labute approximate surface area is 109 Å². The minimum Gasteiger partial charge on any atom is -0.314 e. The zero-order valence-electron chi connectivity index (χ0n) is 10.9. The van der Waals surface area contributed by atoms with E-state index in [1.165, 1.54) is 51.4 Å². The Morgan fingerprint density at radius 3 is 2.67 bits per heavy atom. The van der Waals surface area contributed by atoms with Crippen LogP contribution in [0.4, 0.5) is 0 Å². The molecule has 0 aliphatic carbocycles. The molecule has 18 heavy (non-hydrogen) atoms. The normalized spacial score (nSPS) is 22.9. The van der Waals surface area contributed by atoms with Crippen LogP contribution in [-0.4, -0.2) is 66.6 Å². The fraction of sp³-hybridized carbons (Fsp3) is 0.643. The van der Waals surface area contributed by atoms with E-state index in [4.69, 9.17) is 0 Å². The third-order valence-electron chi connectivity index (χ3n) is 4.12. The Hall–Kier alpha value is -0.970. The molecule has 3 heterocycles. The van der Waals surface area contributed by atoms with Gasteiger partial charge in [-0.05, 0) is 18.1 Å². The average molecular weight is 246 g/mol. The molecule has 4 nitrogen and oxygen atoms in total. The second-order valence-electron chi connectivity index (χ2n) is 5.30. The predicted molar refractivity (Wildman–Crippen MR) is 72.6 cm³/mol. The fourth-order valence-electron chi connectivity index (χ4n) is 2.72. The van der Waals surface area contributed by atoms with Crippen LogP contribution >= 0.6 is 0 Å². The molecule has 0 aromatic carbocycles. The van der Waals surface area contributed by atoms with E-state index in [-0.39, 0.29) is 0 Å². The summed E-state index contributed by atoms with van der Waals surface area (Å²) < 4.78 is 0. The van der Waals surface area contributed by atoms with Crippen LogP contribution in [0, 0.1) is 0 Å². The summed E-state index contributed by atoms with van der Waals surface area (Å²) in [5, 5.41) is 3.35. The first-order valence-corrected chi connectivity index (χ1v) is 6.98. The van der Waals surface area contributed by atoms with Gasteiger partial charge in [0.15, 0.2) is 0 Å². The quantitative estimate of drug-likeness (QED) is 0.823. The van der Waals surface area contributed by atoms with E-state index in [9.17, 15) is 0 Å². The molecule has 0 bridgehead atoms. The van der Waals surface area contributed by atoms with E-state index in [0.29, 0.717) is 0 Å². The number of aromatic nitrogens is 1. The second-order valence-corrected chi connectivity index (χ2v) is 5.30. The molecule has 0 atom stereocenters. The summed E-state index contributed by atoms with van der Waals surface area (Å²) >= 11 is 0. The standard InChI is InChI=1S/C14H22N4/c1-2-13(10-15-4-1)3-5-17-6-8-18(9-7-17)14-11-16-12-14/h1-2,4,10,14,16H,3,5-9,11-12H2. The summed E-state index contributed by atoms with van der Waals surface area (Å²) in [6.07, 6.45) is 4.95. The first-order valence-electron chi connectivity index (χ1n) is 6.98. The van der Waals surface area contributed by atoms with Gasteiger partial charge in [-0.1, -0.05) is 6.07 Å². The van der Waals surface area contributed by atoms with Gasteiger partial charge in [-0.25, -0.2) is 0 Å². The van der Waals surface area contributed by atoms with Crippen molar-refractivity contribution >= 4 is 0 Å². The molecule has 0 amide bonds.